The minimum absolute atomic E-state index is 0.0622. The van der Waals surface area contributed by atoms with E-state index in [4.69, 9.17) is 21.7 Å². The summed E-state index contributed by atoms with van der Waals surface area (Å²) in [5, 5.41) is 3.84. The van der Waals surface area contributed by atoms with Gasteiger partial charge in [0.2, 0.25) is 5.91 Å². The van der Waals surface area contributed by atoms with Gasteiger partial charge in [0.1, 0.15) is 11.7 Å². The number of thiocarbonyl (C=S) groups is 1. The van der Waals surface area contributed by atoms with Gasteiger partial charge in [0.15, 0.2) is 10.8 Å². The van der Waals surface area contributed by atoms with Crippen LogP contribution in [0.25, 0.3) is 0 Å². The maximum atomic E-state index is 13.4. The average molecular weight is 454 g/mol. The maximum absolute atomic E-state index is 13.4. The van der Waals surface area contributed by atoms with E-state index >= 15 is 0 Å². The first-order chi connectivity index (χ1) is 15.2. The second-order valence-corrected chi connectivity index (χ2v) is 8.82. The first kappa shape index (κ1) is 22.1. The van der Waals surface area contributed by atoms with Crippen LogP contribution in [0.1, 0.15) is 41.4 Å². The molecule has 2 aliphatic heterocycles. The summed E-state index contributed by atoms with van der Waals surface area (Å²) >= 11 is 5.75. The van der Waals surface area contributed by atoms with Gasteiger partial charge in [0.05, 0.1) is 18.2 Å². The summed E-state index contributed by atoms with van der Waals surface area (Å²) in [6.07, 6.45) is 0. The second kappa shape index (κ2) is 8.09. The van der Waals surface area contributed by atoms with Gasteiger partial charge < -0.3 is 19.7 Å². The number of fused-ring (bicyclic) bond motifs is 4. The van der Waals surface area contributed by atoms with Crippen LogP contribution in [0, 0.1) is 12.8 Å². The summed E-state index contributed by atoms with van der Waals surface area (Å²) < 4.78 is 11.6. The molecule has 1 amide bonds. The molecule has 0 aromatic heterocycles. The Hall–Kier alpha value is -3.13. The van der Waals surface area contributed by atoms with Crippen LogP contribution in [0.15, 0.2) is 42.5 Å². The van der Waals surface area contributed by atoms with Gasteiger partial charge >= 0.3 is 5.97 Å². The molecular weight excluding hydrogens is 426 g/mol. The van der Waals surface area contributed by atoms with E-state index in [2.05, 4.69) is 5.32 Å². The van der Waals surface area contributed by atoms with Gasteiger partial charge in [0, 0.05) is 25.3 Å². The number of hydrogen-bond donors (Lipinski definition) is 1. The quantitative estimate of drug-likeness (QED) is 0.562. The smallest absolute Gasteiger partial charge is 0.338 e. The zero-order valence-electron chi connectivity index (χ0n) is 18.8. The Balaban J connectivity index is 1.81. The lowest BCUT2D eigenvalue weighted by Gasteiger charge is -2.56. The molecule has 1 saturated heterocycles. The average Bonchev–Trinajstić information content (AvgIpc) is 2.74. The molecule has 3 atom stereocenters. The molecule has 2 heterocycles. The number of nitrogens with zero attached hydrogens (tertiary/aromatic N) is 2. The van der Waals surface area contributed by atoms with Gasteiger partial charge in [-0.2, -0.15) is 0 Å². The predicted molar refractivity (Wildman–Crippen MR) is 126 cm³/mol. The summed E-state index contributed by atoms with van der Waals surface area (Å²) in [6, 6.07) is 12.6. The second-order valence-electron chi connectivity index (χ2n) is 8.44. The summed E-state index contributed by atoms with van der Waals surface area (Å²) in [7, 11) is 3.48. The summed E-state index contributed by atoms with van der Waals surface area (Å²) in [5.41, 5.74) is 2.09. The van der Waals surface area contributed by atoms with Crippen LogP contribution in [0.5, 0.6) is 5.75 Å². The standard InChI is InChI=1S/C24H27N3O4S/c1-6-30-22(29)15-8-10-16(11-9-15)27-23(32)25-20-17-13-14(2)7-12-18(17)31-24(27,3)19(20)21(28)26(4)5/h7-13,19-20H,6H2,1-5H3,(H,25,32). The molecule has 0 spiro atoms. The van der Waals surface area contributed by atoms with Crippen molar-refractivity contribution in [2.24, 2.45) is 5.92 Å². The Morgan fingerprint density at radius 3 is 2.53 bits per heavy atom. The number of hydrogen-bond acceptors (Lipinski definition) is 5. The van der Waals surface area contributed by atoms with E-state index < -0.39 is 11.6 Å². The van der Waals surface area contributed by atoms with E-state index in [9.17, 15) is 9.59 Å². The van der Waals surface area contributed by atoms with Gasteiger partial charge in [-0.1, -0.05) is 17.7 Å². The fraction of sp³-hybridized carbons (Fsp3) is 0.375. The van der Waals surface area contributed by atoms with Crippen LogP contribution in [0.3, 0.4) is 0 Å². The highest BCUT2D eigenvalue weighted by Crippen LogP contribution is 2.50. The van der Waals surface area contributed by atoms with Crippen molar-refractivity contribution in [2.75, 3.05) is 25.6 Å². The number of ether oxygens (including phenoxy) is 2. The minimum Gasteiger partial charge on any atom is -0.467 e. The van der Waals surface area contributed by atoms with Crippen molar-refractivity contribution in [2.45, 2.75) is 32.5 Å². The monoisotopic (exact) mass is 453 g/mol. The van der Waals surface area contributed by atoms with Crippen molar-refractivity contribution in [1.82, 2.24) is 10.2 Å². The van der Waals surface area contributed by atoms with Gasteiger partial charge in [-0.05, 0) is 63.3 Å². The molecular formula is C24H27N3O4S. The Labute approximate surface area is 193 Å². The number of rotatable bonds is 4. The fourth-order valence-corrected chi connectivity index (χ4v) is 4.92. The summed E-state index contributed by atoms with van der Waals surface area (Å²) in [5.74, 6) is -0.284. The Morgan fingerprint density at radius 1 is 1.22 bits per heavy atom. The third kappa shape index (κ3) is 3.48. The molecule has 32 heavy (non-hydrogen) atoms. The first-order valence-electron chi connectivity index (χ1n) is 10.6. The fourth-order valence-electron chi connectivity index (χ4n) is 4.51. The molecule has 3 unspecified atom stereocenters. The Kier molecular flexibility index (Phi) is 5.58. The van der Waals surface area contributed by atoms with Crippen LogP contribution in [0.4, 0.5) is 5.69 Å². The predicted octanol–water partition coefficient (Wildman–Crippen LogP) is 3.42. The number of carbonyl (C=O) groups excluding carboxylic acids is 2. The topological polar surface area (TPSA) is 71.1 Å². The highest BCUT2D eigenvalue weighted by atomic mass is 32.1. The Bertz CT molecular complexity index is 1090. The molecule has 2 aromatic rings. The normalized spacial score (nSPS) is 23.5. The summed E-state index contributed by atoms with van der Waals surface area (Å²) in [4.78, 5) is 28.9. The van der Waals surface area contributed by atoms with E-state index in [1.54, 1.807) is 50.2 Å². The van der Waals surface area contributed by atoms with Crippen molar-refractivity contribution >= 4 is 34.9 Å². The van der Waals surface area contributed by atoms with Gasteiger partial charge in [-0.3, -0.25) is 9.69 Å². The third-order valence-electron chi connectivity index (χ3n) is 6.00. The van der Waals surface area contributed by atoms with E-state index in [1.165, 1.54) is 0 Å². The molecule has 2 aromatic carbocycles. The van der Waals surface area contributed by atoms with E-state index in [-0.39, 0.29) is 17.9 Å². The lowest BCUT2D eigenvalue weighted by molar-refractivity contribution is -0.144. The molecule has 1 fully saturated rings. The summed E-state index contributed by atoms with van der Waals surface area (Å²) in [6.45, 7) is 5.97. The number of anilines is 1. The SMILES string of the molecule is CCOC(=O)c1ccc(N2C(=S)NC3c4cc(C)ccc4OC2(C)C3C(=O)N(C)C)cc1. The molecule has 7 nitrogen and oxygen atoms in total. The highest BCUT2D eigenvalue weighted by Gasteiger charge is 2.59. The molecule has 1 N–H and O–H groups in total. The number of aryl methyl sites for hydroxylation is 1. The number of esters is 1. The molecule has 4 rings (SSSR count). The van der Waals surface area contributed by atoms with Crippen molar-refractivity contribution in [3.8, 4) is 5.75 Å². The lowest BCUT2D eigenvalue weighted by atomic mass is 9.78. The number of benzene rings is 2. The van der Waals surface area contributed by atoms with Gasteiger partial charge in [-0.15, -0.1) is 0 Å². The lowest BCUT2D eigenvalue weighted by Crippen LogP contribution is -2.72. The molecule has 0 aliphatic carbocycles. The molecule has 0 saturated carbocycles. The van der Waals surface area contributed by atoms with Crippen LogP contribution in [-0.2, 0) is 9.53 Å². The number of carbonyl (C=O) groups is 2. The van der Waals surface area contributed by atoms with Crippen molar-refractivity contribution in [3.63, 3.8) is 0 Å². The van der Waals surface area contributed by atoms with Crippen LogP contribution in [-0.4, -0.2) is 48.3 Å². The minimum atomic E-state index is -1.07. The Morgan fingerprint density at radius 2 is 1.91 bits per heavy atom. The van der Waals surface area contributed by atoms with Crippen LogP contribution in [0.2, 0.25) is 0 Å². The van der Waals surface area contributed by atoms with E-state index in [0.717, 1.165) is 11.1 Å². The van der Waals surface area contributed by atoms with Crippen molar-refractivity contribution < 1.29 is 19.1 Å². The number of nitrogens with one attached hydrogen (secondary N) is 1. The number of amides is 1. The van der Waals surface area contributed by atoms with Crippen molar-refractivity contribution in [3.05, 3.63) is 59.2 Å². The van der Waals surface area contributed by atoms with Gasteiger partial charge in [0.25, 0.3) is 0 Å². The van der Waals surface area contributed by atoms with E-state index in [0.29, 0.717) is 28.7 Å². The zero-order chi connectivity index (χ0) is 23.2. The highest BCUT2D eigenvalue weighted by molar-refractivity contribution is 7.80. The molecule has 0 radical (unpaired) electrons. The molecule has 8 heteroatoms. The largest absolute Gasteiger partial charge is 0.467 e. The third-order valence-corrected chi connectivity index (χ3v) is 6.30. The molecule has 2 aliphatic rings. The van der Waals surface area contributed by atoms with Crippen molar-refractivity contribution in [1.29, 1.82) is 0 Å². The molecule has 2 bridgehead atoms. The molecule has 168 valence electrons. The van der Waals surface area contributed by atoms with Crippen LogP contribution >= 0.6 is 12.2 Å². The first-order valence-corrected chi connectivity index (χ1v) is 11.0. The van der Waals surface area contributed by atoms with Gasteiger partial charge in [-0.25, -0.2) is 4.79 Å². The van der Waals surface area contributed by atoms with Crippen LogP contribution < -0.4 is 15.0 Å². The maximum Gasteiger partial charge on any atom is 0.338 e. The van der Waals surface area contributed by atoms with E-state index in [1.807, 2.05) is 36.9 Å². The zero-order valence-corrected chi connectivity index (χ0v) is 19.7.